The molecule has 0 aromatic heterocycles. The summed E-state index contributed by atoms with van der Waals surface area (Å²) in [6.07, 6.45) is 7.25. The van der Waals surface area contributed by atoms with Gasteiger partial charge in [-0.3, -0.25) is 9.80 Å². The van der Waals surface area contributed by atoms with Crippen LogP contribution in [0.25, 0.3) is 0 Å². The summed E-state index contributed by atoms with van der Waals surface area (Å²) in [5.74, 6) is -2.43. The Labute approximate surface area is 128 Å². The van der Waals surface area contributed by atoms with Crippen LogP contribution in [0.1, 0.15) is 66.2 Å². The summed E-state index contributed by atoms with van der Waals surface area (Å²) in [7, 11) is 0. The summed E-state index contributed by atoms with van der Waals surface area (Å²) in [6.45, 7) is 10.4. The van der Waals surface area contributed by atoms with Gasteiger partial charge in [0.2, 0.25) is 0 Å². The fourth-order valence-electron chi connectivity index (χ4n) is 3.75. The van der Waals surface area contributed by atoms with E-state index in [-0.39, 0.29) is 19.0 Å². The van der Waals surface area contributed by atoms with Crippen molar-refractivity contribution in [2.24, 2.45) is 0 Å². The molecule has 0 radical (unpaired) electrons. The predicted octanol–water partition coefficient (Wildman–Crippen LogP) is 4.15. The molecule has 3 fully saturated rings. The highest BCUT2D eigenvalue weighted by atomic mass is 19.3. The molecule has 1 atom stereocenters. The maximum absolute atomic E-state index is 12.5. The lowest BCUT2D eigenvalue weighted by Crippen LogP contribution is -2.38. The number of alkyl halides is 2. The molecule has 0 N–H and O–H groups in total. The van der Waals surface area contributed by atoms with Crippen LogP contribution < -0.4 is 0 Å². The number of likely N-dealkylation sites (tertiary alicyclic amines) is 2. The van der Waals surface area contributed by atoms with E-state index in [0.29, 0.717) is 6.54 Å². The van der Waals surface area contributed by atoms with E-state index in [1.807, 2.05) is 13.8 Å². The Morgan fingerprint density at radius 2 is 1.67 bits per heavy atom. The van der Waals surface area contributed by atoms with Gasteiger partial charge in [0.05, 0.1) is 6.54 Å². The average Bonchev–Trinajstić information content (AvgIpc) is 2.90. The minimum atomic E-state index is -2.43. The summed E-state index contributed by atoms with van der Waals surface area (Å²) in [6, 6.07) is 1.09. The lowest BCUT2D eigenvalue weighted by molar-refractivity contribution is 0.00921. The summed E-state index contributed by atoms with van der Waals surface area (Å²) in [4.78, 5) is 4.56. The van der Waals surface area contributed by atoms with Gasteiger partial charge in [-0.15, -0.1) is 0 Å². The zero-order valence-electron chi connectivity index (χ0n) is 14.2. The third-order valence-corrected chi connectivity index (χ3v) is 5.53. The lowest BCUT2D eigenvalue weighted by Gasteiger charge is -2.29. The molecule has 21 heavy (non-hydrogen) atoms. The van der Waals surface area contributed by atoms with Crippen molar-refractivity contribution in [1.29, 1.82) is 0 Å². The molecule has 124 valence electrons. The maximum atomic E-state index is 12.5. The third kappa shape index (κ3) is 4.16. The van der Waals surface area contributed by atoms with E-state index in [9.17, 15) is 8.78 Å². The van der Waals surface area contributed by atoms with Crippen molar-refractivity contribution in [3.05, 3.63) is 0 Å². The van der Waals surface area contributed by atoms with Gasteiger partial charge in [0.25, 0.3) is 5.92 Å². The summed E-state index contributed by atoms with van der Waals surface area (Å²) in [5, 5.41) is 0. The van der Waals surface area contributed by atoms with E-state index in [2.05, 4.69) is 18.7 Å². The normalized spacial score (nSPS) is 28.7. The van der Waals surface area contributed by atoms with Crippen LogP contribution in [0, 0.1) is 0 Å². The second kappa shape index (κ2) is 6.49. The molecule has 4 heteroatoms. The first kappa shape index (κ1) is 17.1. The smallest absolute Gasteiger partial charge is 0.261 e. The molecular weight excluding hydrogens is 270 g/mol. The molecule has 1 spiro atoms. The summed E-state index contributed by atoms with van der Waals surface area (Å²) < 4.78 is 25.0. The molecule has 2 aliphatic heterocycles. The summed E-state index contributed by atoms with van der Waals surface area (Å²) in [5.41, 5.74) is 0.718. The molecule has 0 amide bonds. The van der Waals surface area contributed by atoms with Crippen LogP contribution in [-0.2, 0) is 0 Å². The molecule has 2 heterocycles. The zero-order valence-corrected chi connectivity index (χ0v) is 14.2. The molecule has 0 bridgehead atoms. The lowest BCUT2D eigenvalue weighted by atomic mass is 10.1. The molecule has 0 aromatic rings. The summed E-state index contributed by atoms with van der Waals surface area (Å²) >= 11 is 0. The molecule has 2 nitrogen and oxygen atoms in total. The van der Waals surface area contributed by atoms with Crippen LogP contribution >= 0.6 is 0 Å². The van der Waals surface area contributed by atoms with Crippen LogP contribution in [0.3, 0.4) is 0 Å². The first-order valence-corrected chi connectivity index (χ1v) is 8.68. The highest BCUT2D eigenvalue weighted by Crippen LogP contribution is 2.50. The molecule has 3 rings (SSSR count). The van der Waals surface area contributed by atoms with Gasteiger partial charge in [0.15, 0.2) is 0 Å². The molecule has 1 aliphatic carbocycles. The topological polar surface area (TPSA) is 6.48 Å². The van der Waals surface area contributed by atoms with E-state index < -0.39 is 5.92 Å². The fourth-order valence-corrected chi connectivity index (χ4v) is 3.75. The first-order valence-electron chi connectivity index (χ1n) is 8.68. The Morgan fingerprint density at radius 1 is 1.00 bits per heavy atom. The maximum Gasteiger partial charge on any atom is 0.261 e. The monoisotopic (exact) mass is 302 g/mol. The Kier molecular flexibility index (Phi) is 5.30. The molecule has 1 saturated carbocycles. The van der Waals surface area contributed by atoms with E-state index in [1.54, 1.807) is 4.90 Å². The standard InChI is InChI=1S/C10H19N.C7H13F2N/c1-3-9(2)11-8-4-5-10(11)6-7-10;1-6(2)10-4-3-7(8,9)5-10/h9H,3-8H2,1-2H3;6H,3-5H2,1-2H3. The van der Waals surface area contributed by atoms with Crippen molar-refractivity contribution in [3.8, 4) is 0 Å². The SMILES string of the molecule is CC(C)N1CCC(F)(F)C1.CCC(C)N1CCCC12CC2. The minimum absolute atomic E-state index is 0.0329. The van der Waals surface area contributed by atoms with Crippen molar-refractivity contribution < 1.29 is 8.78 Å². The Balaban J connectivity index is 0.000000155. The zero-order chi connectivity index (χ0) is 15.7. The van der Waals surface area contributed by atoms with Crippen LogP contribution in [-0.4, -0.2) is 53.0 Å². The Hall–Kier alpha value is -0.220. The van der Waals surface area contributed by atoms with Gasteiger partial charge in [0, 0.05) is 30.6 Å². The average molecular weight is 302 g/mol. The van der Waals surface area contributed by atoms with Gasteiger partial charge in [-0.1, -0.05) is 6.92 Å². The van der Waals surface area contributed by atoms with E-state index >= 15 is 0 Å². The van der Waals surface area contributed by atoms with E-state index in [0.717, 1.165) is 11.6 Å². The van der Waals surface area contributed by atoms with Gasteiger partial charge in [-0.25, -0.2) is 8.78 Å². The number of nitrogens with zero attached hydrogens (tertiary/aromatic N) is 2. The minimum Gasteiger partial charge on any atom is -0.295 e. The molecule has 0 aromatic carbocycles. The highest BCUT2D eigenvalue weighted by Gasteiger charge is 2.51. The van der Waals surface area contributed by atoms with E-state index in [1.165, 1.54) is 38.6 Å². The predicted molar refractivity (Wildman–Crippen MR) is 83.9 cm³/mol. The number of hydrogen-bond donors (Lipinski definition) is 0. The van der Waals surface area contributed by atoms with Crippen molar-refractivity contribution in [1.82, 2.24) is 9.80 Å². The largest absolute Gasteiger partial charge is 0.295 e. The Morgan fingerprint density at radius 3 is 2.05 bits per heavy atom. The molecule has 1 unspecified atom stereocenters. The number of hydrogen-bond acceptors (Lipinski definition) is 2. The van der Waals surface area contributed by atoms with Crippen molar-refractivity contribution in [2.75, 3.05) is 19.6 Å². The Bertz CT molecular complexity index is 340. The molecule has 3 aliphatic rings. The second-order valence-corrected chi connectivity index (χ2v) is 7.45. The third-order valence-electron chi connectivity index (χ3n) is 5.53. The van der Waals surface area contributed by atoms with Gasteiger partial charge in [-0.2, -0.15) is 0 Å². The van der Waals surface area contributed by atoms with Crippen LogP contribution in [0.4, 0.5) is 8.78 Å². The number of rotatable bonds is 3. The van der Waals surface area contributed by atoms with E-state index in [4.69, 9.17) is 0 Å². The molecule has 2 saturated heterocycles. The quantitative estimate of drug-likeness (QED) is 0.773. The second-order valence-electron chi connectivity index (χ2n) is 7.45. The highest BCUT2D eigenvalue weighted by molar-refractivity contribution is 5.08. The van der Waals surface area contributed by atoms with Gasteiger partial charge < -0.3 is 0 Å². The van der Waals surface area contributed by atoms with Crippen LogP contribution in [0.15, 0.2) is 0 Å². The van der Waals surface area contributed by atoms with Crippen LogP contribution in [0.5, 0.6) is 0 Å². The van der Waals surface area contributed by atoms with Crippen LogP contribution in [0.2, 0.25) is 0 Å². The number of halogens is 2. The fraction of sp³-hybridized carbons (Fsp3) is 1.00. The van der Waals surface area contributed by atoms with Gasteiger partial charge in [0.1, 0.15) is 0 Å². The van der Waals surface area contributed by atoms with Crippen molar-refractivity contribution in [2.45, 2.75) is 89.8 Å². The van der Waals surface area contributed by atoms with Gasteiger partial charge >= 0.3 is 0 Å². The first-order chi connectivity index (χ1) is 9.80. The van der Waals surface area contributed by atoms with Gasteiger partial charge in [-0.05, 0) is 59.4 Å². The molecular formula is C17H32F2N2. The van der Waals surface area contributed by atoms with Crippen molar-refractivity contribution in [3.63, 3.8) is 0 Å². The van der Waals surface area contributed by atoms with Crippen molar-refractivity contribution >= 4 is 0 Å².